The van der Waals surface area contributed by atoms with Crippen molar-refractivity contribution in [2.45, 2.75) is 123 Å². The highest BCUT2D eigenvalue weighted by molar-refractivity contribution is 5.88. The maximum atomic E-state index is 13.2. The molecular formula is C57H62O31. The summed E-state index contributed by atoms with van der Waals surface area (Å²) in [6.45, 7) is -3.32. The van der Waals surface area contributed by atoms with E-state index in [0.29, 0.717) is 0 Å². The molecule has 9 rings (SSSR count). The molecule has 5 heterocycles. The van der Waals surface area contributed by atoms with Crippen LogP contribution in [0.4, 0.5) is 0 Å². The van der Waals surface area contributed by atoms with Crippen molar-refractivity contribution in [1.82, 2.24) is 0 Å². The lowest BCUT2D eigenvalue weighted by atomic mass is 9.97. The molecule has 1 aliphatic carbocycles. The van der Waals surface area contributed by atoms with E-state index < -0.39 is 195 Å². The van der Waals surface area contributed by atoms with Crippen LogP contribution in [-0.2, 0) is 42.7 Å². The van der Waals surface area contributed by atoms with Crippen molar-refractivity contribution in [1.29, 1.82) is 0 Å². The van der Waals surface area contributed by atoms with E-state index in [-0.39, 0.29) is 45.3 Å². The van der Waals surface area contributed by atoms with Gasteiger partial charge in [0.1, 0.15) is 122 Å². The van der Waals surface area contributed by atoms with Crippen LogP contribution in [-0.4, -0.2) is 248 Å². The third-order valence-electron chi connectivity index (χ3n) is 14.5. The first kappa shape index (κ1) is 64.9. The molecule has 6 aliphatic rings. The number of phenolic OH excluding ortho intramolecular Hbond substituents is 4. The molecule has 0 spiro atoms. The predicted molar refractivity (Wildman–Crippen MR) is 288 cm³/mol. The van der Waals surface area contributed by atoms with E-state index in [4.69, 9.17) is 51.8 Å². The number of fused-ring (bicyclic) bond motifs is 1. The van der Waals surface area contributed by atoms with Gasteiger partial charge in [0.25, 0.3) is 0 Å². The zero-order chi connectivity index (χ0) is 63.4. The molecule has 20 atom stereocenters. The van der Waals surface area contributed by atoms with Gasteiger partial charge in [0.05, 0.1) is 18.8 Å². The SMILES string of the molecule is O=C(C=Cc1ccc(O)c(O[C@@H]2O[C@@H](CO)[C@@H](O)[C@H](O)[C@@H]2O)c1)OC[C@H]1O[C@@H](O[C@@H]2[C@H](Oc3cc4c(O[C@@H]5O[C@@H](CO)[C@@H](O)[C@H](O)[C@@H]5O)cc(=O)cc-4oc3-c3ccc(O)cc3)O[C@H](COC(=O)C=Cc3ccc(O)c(O)c3)[C@@H](O)[C@@H]2O)[C@H](O)[C@@H](O)[C@@H]1O. The first-order valence-electron chi connectivity index (χ1n) is 26.9. The van der Waals surface area contributed by atoms with Crippen molar-refractivity contribution in [2.24, 2.45) is 0 Å². The number of rotatable bonds is 19. The number of phenols is 4. The number of hydrogen-bond donors (Lipinski definition) is 17. The van der Waals surface area contributed by atoms with Crippen LogP contribution in [0.15, 0.2) is 100 Å². The van der Waals surface area contributed by atoms with E-state index in [2.05, 4.69) is 0 Å². The Kier molecular flexibility index (Phi) is 20.5. The van der Waals surface area contributed by atoms with Gasteiger partial charge >= 0.3 is 11.9 Å². The van der Waals surface area contributed by atoms with Gasteiger partial charge in [-0.25, -0.2) is 9.59 Å². The van der Waals surface area contributed by atoms with Gasteiger partial charge in [-0.1, -0.05) is 12.1 Å². The van der Waals surface area contributed by atoms with E-state index in [1.807, 2.05) is 0 Å². The summed E-state index contributed by atoms with van der Waals surface area (Å²) in [6, 6.07) is 15.6. The van der Waals surface area contributed by atoms with E-state index in [1.165, 1.54) is 60.7 Å². The fourth-order valence-corrected chi connectivity index (χ4v) is 9.60. The van der Waals surface area contributed by atoms with Crippen molar-refractivity contribution >= 4 is 24.1 Å². The van der Waals surface area contributed by atoms with Crippen LogP contribution in [0, 0.1) is 0 Å². The van der Waals surface area contributed by atoms with Gasteiger partial charge in [-0.15, -0.1) is 0 Å². The van der Waals surface area contributed by atoms with Crippen molar-refractivity contribution in [2.75, 3.05) is 26.4 Å². The number of aliphatic hydroxyl groups is 13. The zero-order valence-corrected chi connectivity index (χ0v) is 45.5. The molecule has 0 amide bonds. The van der Waals surface area contributed by atoms with E-state index in [9.17, 15) is 101 Å². The largest absolute Gasteiger partial charge is 0.508 e. The summed E-state index contributed by atoms with van der Waals surface area (Å²) in [5, 5.41) is 179. The summed E-state index contributed by atoms with van der Waals surface area (Å²) >= 11 is 0. The van der Waals surface area contributed by atoms with Gasteiger partial charge in [0, 0.05) is 29.8 Å². The highest BCUT2D eigenvalue weighted by Gasteiger charge is 2.53. The molecule has 0 radical (unpaired) electrons. The van der Waals surface area contributed by atoms with E-state index in [1.54, 1.807) is 0 Å². The Morgan fingerprint density at radius 3 is 1.49 bits per heavy atom. The molecular weight excluding hydrogens is 1180 g/mol. The van der Waals surface area contributed by atoms with Gasteiger partial charge in [-0.2, -0.15) is 0 Å². The molecule has 4 saturated heterocycles. The number of esters is 2. The first-order chi connectivity index (χ1) is 41.9. The normalized spacial score (nSPS) is 32.6. The topological polar surface area (TPSA) is 501 Å². The number of carbonyl (C=O) groups excluding carboxylic acids is 2. The summed E-state index contributed by atoms with van der Waals surface area (Å²) in [4.78, 5) is 39.3. The molecule has 31 heteroatoms. The highest BCUT2D eigenvalue weighted by Crippen LogP contribution is 2.44. The fraction of sp³-hybridized carbons (Fsp3) is 0.421. The number of benzene rings is 4. The lowest BCUT2D eigenvalue weighted by molar-refractivity contribution is -0.358. The lowest BCUT2D eigenvalue weighted by Crippen LogP contribution is -2.65. The minimum absolute atomic E-state index is 0.125. The Morgan fingerprint density at radius 2 is 0.932 bits per heavy atom. The van der Waals surface area contributed by atoms with Crippen LogP contribution in [0.25, 0.3) is 34.8 Å². The van der Waals surface area contributed by atoms with Crippen molar-refractivity contribution < 1.29 is 148 Å². The van der Waals surface area contributed by atoms with Crippen molar-refractivity contribution in [3.8, 4) is 62.9 Å². The lowest BCUT2D eigenvalue weighted by Gasteiger charge is -2.46. The van der Waals surface area contributed by atoms with Gasteiger partial charge < -0.3 is 139 Å². The van der Waals surface area contributed by atoms with Gasteiger partial charge in [0.2, 0.25) is 18.9 Å². The number of aromatic hydroxyl groups is 4. The molecule has 17 N–H and O–H groups in total. The molecule has 0 bridgehead atoms. The minimum Gasteiger partial charge on any atom is -0.508 e. The Balaban J connectivity index is 0.983. The first-order valence-corrected chi connectivity index (χ1v) is 26.9. The van der Waals surface area contributed by atoms with Gasteiger partial charge in [-0.05, 0) is 77.9 Å². The average Bonchev–Trinajstić information content (AvgIpc) is 3.53. The average molecular weight is 1240 g/mol. The minimum atomic E-state index is -2.20. The summed E-state index contributed by atoms with van der Waals surface area (Å²) in [7, 11) is 0. The maximum Gasteiger partial charge on any atom is 0.330 e. The van der Waals surface area contributed by atoms with Crippen LogP contribution in [0.5, 0.6) is 40.2 Å². The molecule has 3 aromatic rings. The van der Waals surface area contributed by atoms with Crippen molar-refractivity contribution in [3.05, 3.63) is 112 Å². The second-order valence-corrected chi connectivity index (χ2v) is 20.6. The molecule has 31 nitrogen and oxygen atoms in total. The Labute approximate surface area is 495 Å². The highest BCUT2D eigenvalue weighted by atomic mass is 16.8. The molecule has 88 heavy (non-hydrogen) atoms. The van der Waals surface area contributed by atoms with Crippen LogP contribution in [0.3, 0.4) is 0 Å². The fourth-order valence-electron chi connectivity index (χ4n) is 9.60. The van der Waals surface area contributed by atoms with Crippen LogP contribution in [0.1, 0.15) is 11.1 Å². The second kappa shape index (κ2) is 27.8. The molecule has 3 aromatic carbocycles. The van der Waals surface area contributed by atoms with Crippen LogP contribution in [0.2, 0.25) is 0 Å². The molecule has 0 saturated carbocycles. The summed E-state index contributed by atoms with van der Waals surface area (Å²) < 4.78 is 63.5. The number of aliphatic hydroxyl groups excluding tert-OH is 13. The van der Waals surface area contributed by atoms with Crippen molar-refractivity contribution in [3.63, 3.8) is 0 Å². The predicted octanol–water partition coefficient (Wildman–Crippen LogP) is -3.88. The number of ether oxygens (including phenoxy) is 10. The molecule has 0 unspecified atom stereocenters. The Hall–Kier alpha value is -7.61. The smallest absolute Gasteiger partial charge is 0.330 e. The van der Waals surface area contributed by atoms with Gasteiger partial charge in [-0.3, -0.25) is 4.79 Å². The monoisotopic (exact) mass is 1240 g/mol. The molecule has 0 aromatic heterocycles. The number of carbonyl (C=O) groups is 2. The number of hydrogen-bond acceptors (Lipinski definition) is 31. The summed E-state index contributed by atoms with van der Waals surface area (Å²) in [5.41, 5.74) is -0.353. The van der Waals surface area contributed by atoms with E-state index in [0.717, 1.165) is 42.5 Å². The molecule has 4 fully saturated rings. The maximum absolute atomic E-state index is 13.2. The molecule has 476 valence electrons. The standard InChI is InChI=1S/C57H62O31/c58-18-35-41(67)45(71)49(75)54(84-35)81-32-16-26(61)15-31-27(32)17-34(52(80-31)24-5-7-25(60)8-6-24)83-57-53(48(74)44(70)38(87-57)21-79-39(65)11-3-22-1-9-28(62)30(64)13-22)88-56-51(77)47(73)43(69)37(86-56)20-78-40(66)12-4-23-2-10-29(63)33(14-23)82-55-50(76)46(72)42(68)36(19-59)85-55/h1-17,35-38,41-51,53-60,62-64,67-77H,18-21H2/t35-,36-,37+,38+,41+,42+,43+,44+,45-,46-,47-,48-,49-,50-,51+,53-,54+,55+,56-,57+/m0/s1. The zero-order valence-electron chi connectivity index (χ0n) is 45.5. The summed E-state index contributed by atoms with van der Waals surface area (Å²) in [5.74, 6) is -5.44. The Bertz CT molecular complexity index is 3290. The van der Waals surface area contributed by atoms with Gasteiger partial charge in [0.15, 0.2) is 52.3 Å². The second-order valence-electron chi connectivity index (χ2n) is 20.6. The Morgan fingerprint density at radius 1 is 0.455 bits per heavy atom. The molecule has 5 aliphatic heterocycles. The van der Waals surface area contributed by atoms with E-state index >= 15 is 0 Å². The quantitative estimate of drug-likeness (QED) is 0.0214. The third kappa shape index (κ3) is 14.4. The summed E-state index contributed by atoms with van der Waals surface area (Å²) in [6.07, 6.45) is -33.6. The van der Waals surface area contributed by atoms with Crippen LogP contribution >= 0.6 is 0 Å². The van der Waals surface area contributed by atoms with Crippen LogP contribution < -0.4 is 19.6 Å². The third-order valence-corrected chi connectivity index (χ3v) is 14.5.